The maximum atomic E-state index is 3.79. The van der Waals surface area contributed by atoms with Crippen LogP contribution in [0.1, 0.15) is 46.0 Å². The molecule has 2 rings (SSSR count). The smallest absolute Gasteiger partial charge is 0.0195 e. The largest absolute Gasteiger partial charge is 0.312 e. The number of piperidine rings is 1. The molecule has 1 heterocycles. The lowest BCUT2D eigenvalue weighted by atomic mass is 9.85. The van der Waals surface area contributed by atoms with Crippen LogP contribution in [-0.4, -0.2) is 37.1 Å². The van der Waals surface area contributed by atoms with Crippen LogP contribution < -0.4 is 5.32 Å². The monoisotopic (exact) mass is 224 g/mol. The zero-order valence-corrected chi connectivity index (χ0v) is 11.0. The fraction of sp³-hybridized carbons (Fsp3) is 1.00. The molecule has 0 aromatic heterocycles. The van der Waals surface area contributed by atoms with Gasteiger partial charge >= 0.3 is 0 Å². The highest BCUT2D eigenvalue weighted by Crippen LogP contribution is 2.25. The molecule has 1 aliphatic carbocycles. The Kier molecular flexibility index (Phi) is 4.66. The molecule has 0 radical (unpaired) electrons. The van der Waals surface area contributed by atoms with E-state index in [0.717, 1.165) is 17.9 Å². The summed E-state index contributed by atoms with van der Waals surface area (Å²) in [5.41, 5.74) is 0. The summed E-state index contributed by atoms with van der Waals surface area (Å²) in [6.45, 7) is 9.81. The quantitative estimate of drug-likeness (QED) is 0.772. The highest BCUT2D eigenvalue weighted by molar-refractivity contribution is 4.81. The molecule has 2 fully saturated rings. The van der Waals surface area contributed by atoms with Gasteiger partial charge in [0.2, 0.25) is 0 Å². The minimum Gasteiger partial charge on any atom is -0.312 e. The number of hydrogen-bond acceptors (Lipinski definition) is 2. The predicted molar refractivity (Wildman–Crippen MR) is 69.6 cm³/mol. The van der Waals surface area contributed by atoms with Gasteiger partial charge in [0, 0.05) is 19.1 Å². The molecule has 1 N–H and O–H groups in total. The van der Waals surface area contributed by atoms with E-state index >= 15 is 0 Å². The van der Waals surface area contributed by atoms with Gasteiger partial charge in [0.1, 0.15) is 0 Å². The van der Waals surface area contributed by atoms with Gasteiger partial charge in [-0.15, -0.1) is 0 Å². The van der Waals surface area contributed by atoms with Crippen molar-refractivity contribution >= 4 is 0 Å². The van der Waals surface area contributed by atoms with Crippen LogP contribution in [0.5, 0.6) is 0 Å². The van der Waals surface area contributed by atoms with Gasteiger partial charge in [0.15, 0.2) is 0 Å². The Morgan fingerprint density at radius 2 is 2.00 bits per heavy atom. The Balaban J connectivity index is 1.64. The first-order valence-corrected chi connectivity index (χ1v) is 7.20. The maximum Gasteiger partial charge on any atom is 0.0195 e. The van der Waals surface area contributed by atoms with Crippen LogP contribution in [0, 0.1) is 11.8 Å². The molecule has 1 unspecified atom stereocenters. The first kappa shape index (κ1) is 12.4. The molecular formula is C14H28N2. The Morgan fingerprint density at radius 3 is 2.62 bits per heavy atom. The van der Waals surface area contributed by atoms with Crippen LogP contribution in [0.4, 0.5) is 0 Å². The topological polar surface area (TPSA) is 15.3 Å². The summed E-state index contributed by atoms with van der Waals surface area (Å²) in [6.07, 6.45) is 7.18. The standard InChI is InChI=1S/C14H28N2/c1-12(2)10-16-8-4-7-14(11-16)15-9-13-5-3-6-13/h12-15H,3-11H2,1-2H3. The van der Waals surface area contributed by atoms with E-state index in [1.165, 1.54) is 58.3 Å². The van der Waals surface area contributed by atoms with Crippen LogP contribution in [0.2, 0.25) is 0 Å². The third-order valence-corrected chi connectivity index (χ3v) is 4.05. The second kappa shape index (κ2) is 6.02. The van der Waals surface area contributed by atoms with E-state index in [1.807, 2.05) is 0 Å². The molecule has 94 valence electrons. The van der Waals surface area contributed by atoms with Crippen molar-refractivity contribution in [2.24, 2.45) is 11.8 Å². The molecule has 1 saturated heterocycles. The number of nitrogens with one attached hydrogen (secondary N) is 1. The van der Waals surface area contributed by atoms with Crippen molar-refractivity contribution in [1.82, 2.24) is 10.2 Å². The summed E-state index contributed by atoms with van der Waals surface area (Å²) < 4.78 is 0. The lowest BCUT2D eigenvalue weighted by molar-refractivity contribution is 0.165. The zero-order valence-electron chi connectivity index (χ0n) is 11.0. The van der Waals surface area contributed by atoms with Crippen LogP contribution >= 0.6 is 0 Å². The van der Waals surface area contributed by atoms with Gasteiger partial charge in [-0.2, -0.15) is 0 Å². The van der Waals surface area contributed by atoms with E-state index in [2.05, 4.69) is 24.1 Å². The second-order valence-corrected chi connectivity index (χ2v) is 6.20. The summed E-state index contributed by atoms with van der Waals surface area (Å²) in [5, 5.41) is 3.79. The summed E-state index contributed by atoms with van der Waals surface area (Å²) in [4.78, 5) is 2.65. The van der Waals surface area contributed by atoms with Crippen molar-refractivity contribution in [2.75, 3.05) is 26.2 Å². The molecule has 16 heavy (non-hydrogen) atoms. The number of likely N-dealkylation sites (tertiary alicyclic amines) is 1. The van der Waals surface area contributed by atoms with E-state index in [1.54, 1.807) is 0 Å². The van der Waals surface area contributed by atoms with Crippen LogP contribution in [0.15, 0.2) is 0 Å². The minimum absolute atomic E-state index is 0.771. The summed E-state index contributed by atoms with van der Waals surface area (Å²) in [6, 6.07) is 0.771. The Morgan fingerprint density at radius 1 is 1.19 bits per heavy atom. The van der Waals surface area contributed by atoms with Gasteiger partial charge in [-0.25, -0.2) is 0 Å². The first-order valence-electron chi connectivity index (χ1n) is 7.20. The van der Waals surface area contributed by atoms with Crippen molar-refractivity contribution in [1.29, 1.82) is 0 Å². The van der Waals surface area contributed by atoms with Gasteiger partial charge < -0.3 is 10.2 Å². The van der Waals surface area contributed by atoms with E-state index in [-0.39, 0.29) is 0 Å². The third-order valence-electron chi connectivity index (χ3n) is 4.05. The van der Waals surface area contributed by atoms with E-state index in [9.17, 15) is 0 Å². The molecule has 1 atom stereocenters. The highest BCUT2D eigenvalue weighted by atomic mass is 15.2. The average molecular weight is 224 g/mol. The van der Waals surface area contributed by atoms with Gasteiger partial charge in [-0.3, -0.25) is 0 Å². The molecular weight excluding hydrogens is 196 g/mol. The van der Waals surface area contributed by atoms with E-state index in [0.29, 0.717) is 0 Å². The van der Waals surface area contributed by atoms with Crippen molar-refractivity contribution in [2.45, 2.75) is 52.0 Å². The molecule has 2 aliphatic rings. The summed E-state index contributed by atoms with van der Waals surface area (Å²) in [5.74, 6) is 1.81. The predicted octanol–water partition coefficient (Wildman–Crippen LogP) is 2.50. The van der Waals surface area contributed by atoms with E-state index < -0.39 is 0 Å². The van der Waals surface area contributed by atoms with Gasteiger partial charge in [-0.05, 0) is 50.6 Å². The number of nitrogens with zero attached hydrogens (tertiary/aromatic N) is 1. The van der Waals surface area contributed by atoms with Crippen LogP contribution in [0.25, 0.3) is 0 Å². The van der Waals surface area contributed by atoms with Gasteiger partial charge in [0.05, 0.1) is 0 Å². The van der Waals surface area contributed by atoms with Gasteiger partial charge in [0.25, 0.3) is 0 Å². The Bertz CT molecular complexity index is 199. The zero-order chi connectivity index (χ0) is 11.4. The molecule has 0 aromatic rings. The molecule has 0 spiro atoms. The van der Waals surface area contributed by atoms with Crippen molar-refractivity contribution < 1.29 is 0 Å². The van der Waals surface area contributed by atoms with Gasteiger partial charge in [-0.1, -0.05) is 20.3 Å². The number of hydrogen-bond donors (Lipinski definition) is 1. The summed E-state index contributed by atoms with van der Waals surface area (Å²) >= 11 is 0. The fourth-order valence-corrected chi connectivity index (χ4v) is 2.93. The highest BCUT2D eigenvalue weighted by Gasteiger charge is 2.22. The lowest BCUT2D eigenvalue weighted by Crippen LogP contribution is -2.48. The third kappa shape index (κ3) is 3.74. The Labute approximate surface area is 101 Å². The normalized spacial score (nSPS) is 28.3. The van der Waals surface area contributed by atoms with Crippen molar-refractivity contribution in [3.05, 3.63) is 0 Å². The molecule has 0 aromatic carbocycles. The molecule has 2 nitrogen and oxygen atoms in total. The van der Waals surface area contributed by atoms with Crippen LogP contribution in [0.3, 0.4) is 0 Å². The maximum absolute atomic E-state index is 3.79. The molecule has 0 bridgehead atoms. The Hall–Kier alpha value is -0.0800. The molecule has 0 amide bonds. The minimum atomic E-state index is 0.771. The lowest BCUT2D eigenvalue weighted by Gasteiger charge is -2.36. The molecule has 2 heteroatoms. The van der Waals surface area contributed by atoms with Crippen molar-refractivity contribution in [3.8, 4) is 0 Å². The van der Waals surface area contributed by atoms with E-state index in [4.69, 9.17) is 0 Å². The second-order valence-electron chi connectivity index (χ2n) is 6.20. The molecule has 1 aliphatic heterocycles. The molecule has 1 saturated carbocycles. The SMILES string of the molecule is CC(C)CN1CCCC(NCC2CCC2)C1. The fourth-order valence-electron chi connectivity index (χ4n) is 2.93. The van der Waals surface area contributed by atoms with Crippen molar-refractivity contribution in [3.63, 3.8) is 0 Å². The number of rotatable bonds is 5. The van der Waals surface area contributed by atoms with Crippen LogP contribution in [-0.2, 0) is 0 Å². The first-order chi connectivity index (χ1) is 7.74. The summed E-state index contributed by atoms with van der Waals surface area (Å²) in [7, 11) is 0. The average Bonchev–Trinajstić information content (AvgIpc) is 2.14.